The van der Waals surface area contributed by atoms with Gasteiger partial charge >= 0.3 is 0 Å². The molecule has 0 saturated heterocycles. The van der Waals surface area contributed by atoms with Gasteiger partial charge in [-0.05, 0) is 18.2 Å². The molecule has 1 amide bonds. The van der Waals surface area contributed by atoms with Crippen LogP contribution in [0.2, 0.25) is 0 Å². The van der Waals surface area contributed by atoms with Crippen LogP contribution < -0.4 is 5.32 Å². The van der Waals surface area contributed by atoms with E-state index in [2.05, 4.69) is 10.3 Å². The van der Waals surface area contributed by atoms with Crippen LogP contribution in [0.1, 0.15) is 18.2 Å². The third-order valence-electron chi connectivity index (χ3n) is 5.10. The summed E-state index contributed by atoms with van der Waals surface area (Å²) in [7, 11) is 0. The Hall–Kier alpha value is -4.19. The van der Waals surface area contributed by atoms with Gasteiger partial charge in [0, 0.05) is 36.6 Å². The first-order chi connectivity index (χ1) is 15.7. The van der Waals surface area contributed by atoms with Crippen LogP contribution in [0, 0.1) is 6.92 Å². The average molecular weight is 423 g/mol. The fraction of sp³-hybridized carbons (Fsp3) is 0.115. The second-order valence-corrected chi connectivity index (χ2v) is 7.48. The molecule has 0 spiro atoms. The third-order valence-corrected chi connectivity index (χ3v) is 5.10. The standard InChI is InChI=1S/C26H21N3O3/c1-17-27-21-16-20(12-13-22(21)31-17)28-23(30)14-15-24-29-25(18-8-4-2-5-9-18)26(32-24)19-10-6-3-7-11-19/h2-13,16H,14-15H2,1H3,(H,28,30). The van der Waals surface area contributed by atoms with Gasteiger partial charge in [-0.1, -0.05) is 60.7 Å². The summed E-state index contributed by atoms with van der Waals surface area (Å²) in [6.07, 6.45) is 0.642. The van der Waals surface area contributed by atoms with Gasteiger partial charge in [0.05, 0.1) is 0 Å². The fourth-order valence-corrected chi connectivity index (χ4v) is 3.61. The number of aromatic nitrogens is 2. The van der Waals surface area contributed by atoms with E-state index < -0.39 is 0 Å². The summed E-state index contributed by atoms with van der Waals surface area (Å²) < 4.78 is 11.6. The molecule has 0 aliphatic rings. The number of benzene rings is 3. The zero-order valence-corrected chi connectivity index (χ0v) is 17.5. The Balaban J connectivity index is 1.33. The van der Waals surface area contributed by atoms with E-state index in [4.69, 9.17) is 13.8 Å². The van der Waals surface area contributed by atoms with Crippen molar-refractivity contribution >= 4 is 22.7 Å². The Bertz CT molecular complexity index is 1310. The quantitative estimate of drug-likeness (QED) is 0.361. The minimum absolute atomic E-state index is 0.120. The van der Waals surface area contributed by atoms with E-state index in [1.165, 1.54) is 0 Å². The van der Waals surface area contributed by atoms with Gasteiger partial charge in [0.15, 0.2) is 23.1 Å². The molecule has 0 radical (unpaired) electrons. The topological polar surface area (TPSA) is 81.2 Å². The summed E-state index contributed by atoms with van der Waals surface area (Å²) >= 11 is 0. The lowest BCUT2D eigenvalue weighted by molar-refractivity contribution is -0.116. The van der Waals surface area contributed by atoms with E-state index >= 15 is 0 Å². The molecule has 5 aromatic rings. The Morgan fingerprint density at radius 3 is 2.34 bits per heavy atom. The van der Waals surface area contributed by atoms with Crippen molar-refractivity contribution in [2.45, 2.75) is 19.8 Å². The van der Waals surface area contributed by atoms with E-state index in [9.17, 15) is 4.79 Å². The smallest absolute Gasteiger partial charge is 0.224 e. The lowest BCUT2D eigenvalue weighted by Crippen LogP contribution is -2.12. The highest BCUT2D eigenvalue weighted by atomic mass is 16.4. The molecular formula is C26H21N3O3. The molecule has 0 aliphatic carbocycles. The number of anilines is 1. The molecule has 0 aliphatic heterocycles. The lowest BCUT2D eigenvalue weighted by atomic mass is 10.1. The van der Waals surface area contributed by atoms with E-state index in [1.54, 1.807) is 25.1 Å². The number of hydrogen-bond acceptors (Lipinski definition) is 5. The van der Waals surface area contributed by atoms with Crippen molar-refractivity contribution < 1.29 is 13.6 Å². The zero-order chi connectivity index (χ0) is 21.9. The maximum absolute atomic E-state index is 12.5. The summed E-state index contributed by atoms with van der Waals surface area (Å²) in [6, 6.07) is 25.2. The van der Waals surface area contributed by atoms with Crippen LogP contribution in [-0.4, -0.2) is 15.9 Å². The van der Waals surface area contributed by atoms with Crippen LogP contribution in [0.3, 0.4) is 0 Å². The van der Waals surface area contributed by atoms with Crippen molar-refractivity contribution in [3.63, 3.8) is 0 Å². The molecule has 6 nitrogen and oxygen atoms in total. The molecule has 6 heteroatoms. The maximum atomic E-state index is 12.5. The SMILES string of the molecule is Cc1nc2cc(NC(=O)CCc3nc(-c4ccccc4)c(-c4ccccc4)o3)ccc2o1. The number of amides is 1. The number of aryl methyl sites for hydroxylation is 2. The number of hydrogen-bond donors (Lipinski definition) is 1. The molecule has 158 valence electrons. The summed E-state index contributed by atoms with van der Waals surface area (Å²) in [5.74, 6) is 1.71. The van der Waals surface area contributed by atoms with Crippen molar-refractivity contribution in [3.8, 4) is 22.6 Å². The Labute approximate surface area is 184 Å². The highest BCUT2D eigenvalue weighted by Gasteiger charge is 2.17. The minimum Gasteiger partial charge on any atom is -0.441 e. The first kappa shape index (κ1) is 19.8. The van der Waals surface area contributed by atoms with Crippen molar-refractivity contribution in [3.05, 3.63) is 90.6 Å². The number of oxazole rings is 2. The van der Waals surface area contributed by atoms with Crippen molar-refractivity contribution in [1.29, 1.82) is 0 Å². The van der Waals surface area contributed by atoms with Gasteiger partial charge in [0.25, 0.3) is 0 Å². The molecule has 0 unspecified atom stereocenters. The molecule has 0 atom stereocenters. The van der Waals surface area contributed by atoms with Gasteiger partial charge in [0.2, 0.25) is 5.91 Å². The van der Waals surface area contributed by atoms with Crippen molar-refractivity contribution in [1.82, 2.24) is 9.97 Å². The summed E-state index contributed by atoms with van der Waals surface area (Å²) in [5, 5.41) is 2.91. The van der Waals surface area contributed by atoms with E-state index in [1.807, 2.05) is 60.7 Å². The third kappa shape index (κ3) is 4.16. The van der Waals surface area contributed by atoms with Gasteiger partial charge < -0.3 is 14.2 Å². The zero-order valence-electron chi connectivity index (χ0n) is 17.5. The van der Waals surface area contributed by atoms with E-state index in [-0.39, 0.29) is 12.3 Å². The lowest BCUT2D eigenvalue weighted by Gasteiger charge is -2.03. The monoisotopic (exact) mass is 423 g/mol. The maximum Gasteiger partial charge on any atom is 0.224 e. The molecule has 2 aromatic heterocycles. The van der Waals surface area contributed by atoms with Crippen LogP contribution in [-0.2, 0) is 11.2 Å². The van der Waals surface area contributed by atoms with Crippen LogP contribution in [0.5, 0.6) is 0 Å². The molecule has 0 bridgehead atoms. The molecule has 32 heavy (non-hydrogen) atoms. The number of carbonyl (C=O) groups excluding carboxylic acids is 1. The minimum atomic E-state index is -0.120. The second-order valence-electron chi connectivity index (χ2n) is 7.48. The Kier molecular flexibility index (Phi) is 5.25. The van der Waals surface area contributed by atoms with Gasteiger partial charge in [0.1, 0.15) is 11.2 Å². The van der Waals surface area contributed by atoms with Gasteiger partial charge in [-0.25, -0.2) is 9.97 Å². The summed E-state index contributed by atoms with van der Waals surface area (Å²) in [5.41, 5.74) is 4.79. The number of carbonyl (C=O) groups is 1. The van der Waals surface area contributed by atoms with Crippen LogP contribution in [0.4, 0.5) is 5.69 Å². The number of rotatable bonds is 6. The van der Waals surface area contributed by atoms with Crippen LogP contribution in [0.15, 0.2) is 87.7 Å². The summed E-state index contributed by atoms with van der Waals surface area (Å²) in [4.78, 5) is 21.5. The summed E-state index contributed by atoms with van der Waals surface area (Å²) in [6.45, 7) is 1.79. The normalized spacial score (nSPS) is 11.0. The number of fused-ring (bicyclic) bond motifs is 1. The Morgan fingerprint density at radius 1 is 0.875 bits per heavy atom. The predicted molar refractivity (Wildman–Crippen MR) is 123 cm³/mol. The van der Waals surface area contributed by atoms with Crippen LogP contribution >= 0.6 is 0 Å². The second kappa shape index (κ2) is 8.51. The first-order valence-electron chi connectivity index (χ1n) is 10.4. The highest BCUT2D eigenvalue weighted by molar-refractivity contribution is 5.92. The number of nitrogens with zero attached hydrogens (tertiary/aromatic N) is 2. The molecule has 1 N–H and O–H groups in total. The van der Waals surface area contributed by atoms with E-state index in [0.717, 1.165) is 16.8 Å². The average Bonchev–Trinajstić information content (AvgIpc) is 3.41. The highest BCUT2D eigenvalue weighted by Crippen LogP contribution is 2.32. The fourth-order valence-electron chi connectivity index (χ4n) is 3.61. The van der Waals surface area contributed by atoms with Gasteiger partial charge in [-0.3, -0.25) is 4.79 Å². The molecule has 0 saturated carbocycles. The van der Waals surface area contributed by atoms with E-state index in [0.29, 0.717) is 40.7 Å². The Morgan fingerprint density at radius 2 is 1.59 bits per heavy atom. The van der Waals surface area contributed by atoms with Crippen molar-refractivity contribution in [2.24, 2.45) is 0 Å². The number of nitrogens with one attached hydrogen (secondary N) is 1. The van der Waals surface area contributed by atoms with Crippen molar-refractivity contribution in [2.75, 3.05) is 5.32 Å². The molecule has 5 rings (SSSR count). The molecular weight excluding hydrogens is 402 g/mol. The van der Waals surface area contributed by atoms with Gasteiger partial charge in [-0.2, -0.15) is 0 Å². The predicted octanol–water partition coefficient (Wildman–Crippen LogP) is 6.03. The van der Waals surface area contributed by atoms with Gasteiger partial charge in [-0.15, -0.1) is 0 Å². The molecule has 0 fully saturated rings. The molecule has 2 heterocycles. The largest absolute Gasteiger partial charge is 0.441 e. The molecule has 3 aromatic carbocycles. The van der Waals surface area contributed by atoms with Crippen LogP contribution in [0.25, 0.3) is 33.7 Å². The first-order valence-corrected chi connectivity index (χ1v) is 10.4.